The van der Waals surface area contributed by atoms with Crippen molar-refractivity contribution >= 4 is 34.2 Å². The Kier molecular flexibility index (Phi) is 3.29. The Morgan fingerprint density at radius 2 is 2.00 bits per heavy atom. The molecular weight excluding hydrogens is 296 g/mol. The summed E-state index contributed by atoms with van der Waals surface area (Å²) in [6, 6.07) is 2.98. The van der Waals surface area contributed by atoms with Gasteiger partial charge in [0.05, 0.1) is 5.02 Å². The molecule has 0 heterocycles. The molecule has 0 aliphatic carbocycles. The summed E-state index contributed by atoms with van der Waals surface area (Å²) in [6.07, 6.45) is -2.49. The van der Waals surface area contributed by atoms with Crippen molar-refractivity contribution in [2.24, 2.45) is 0 Å². The summed E-state index contributed by atoms with van der Waals surface area (Å²) >= 11 is 7.67. The molecule has 0 spiro atoms. The quantitative estimate of drug-likeness (QED) is 0.682. The summed E-state index contributed by atoms with van der Waals surface area (Å²) in [5.74, 6) is 0. The van der Waals surface area contributed by atoms with Crippen LogP contribution in [-0.4, -0.2) is 0 Å². The summed E-state index contributed by atoms with van der Waals surface area (Å²) < 4.78 is 25.4. The number of alkyl halides is 2. The zero-order chi connectivity index (χ0) is 9.30. The zero-order valence-corrected chi connectivity index (χ0v) is 9.16. The Hall–Kier alpha value is 0.100. The summed E-state index contributed by atoms with van der Waals surface area (Å²) in [5, 5.41) is 0.139. The van der Waals surface area contributed by atoms with Crippen molar-refractivity contribution in [1.82, 2.24) is 0 Å². The lowest BCUT2D eigenvalue weighted by Crippen LogP contribution is -1.89. The molecule has 0 atom stereocenters. The fourth-order valence-corrected chi connectivity index (χ4v) is 1.74. The Labute approximate surface area is 88.1 Å². The lowest BCUT2D eigenvalue weighted by atomic mass is 10.1. The van der Waals surface area contributed by atoms with Gasteiger partial charge in [0.1, 0.15) is 0 Å². The van der Waals surface area contributed by atoms with Gasteiger partial charge in [-0.1, -0.05) is 11.6 Å². The number of rotatable bonds is 1. The highest BCUT2D eigenvalue weighted by Gasteiger charge is 2.12. The van der Waals surface area contributed by atoms with Gasteiger partial charge >= 0.3 is 0 Å². The predicted molar refractivity (Wildman–Crippen MR) is 53.9 cm³/mol. The normalized spacial score (nSPS) is 10.8. The van der Waals surface area contributed by atoms with Gasteiger partial charge in [-0.05, 0) is 47.2 Å². The minimum absolute atomic E-state index is 0.0883. The molecule has 0 N–H and O–H groups in total. The van der Waals surface area contributed by atoms with E-state index in [2.05, 4.69) is 22.6 Å². The lowest BCUT2D eigenvalue weighted by molar-refractivity contribution is 0.151. The van der Waals surface area contributed by atoms with Gasteiger partial charge in [-0.2, -0.15) is 0 Å². The maximum Gasteiger partial charge on any atom is 0.265 e. The average molecular weight is 302 g/mol. The topological polar surface area (TPSA) is 0 Å². The fourth-order valence-electron chi connectivity index (χ4n) is 0.847. The summed E-state index contributed by atoms with van der Waals surface area (Å²) in [4.78, 5) is 0. The van der Waals surface area contributed by atoms with E-state index in [4.69, 9.17) is 11.6 Å². The Balaban J connectivity index is 3.23. The van der Waals surface area contributed by atoms with Crippen molar-refractivity contribution in [3.05, 3.63) is 31.9 Å². The predicted octanol–water partition coefficient (Wildman–Crippen LogP) is 4.19. The Morgan fingerprint density at radius 1 is 1.42 bits per heavy atom. The molecule has 0 aliphatic rings. The minimum atomic E-state index is -2.49. The first kappa shape index (κ1) is 10.2. The van der Waals surface area contributed by atoms with Crippen molar-refractivity contribution in [2.75, 3.05) is 0 Å². The van der Waals surface area contributed by atoms with Gasteiger partial charge in [-0.15, -0.1) is 0 Å². The van der Waals surface area contributed by atoms with Gasteiger partial charge in [0, 0.05) is 9.13 Å². The van der Waals surface area contributed by atoms with Crippen LogP contribution in [0, 0.1) is 10.5 Å². The molecule has 1 aromatic rings. The molecule has 0 amide bonds. The van der Waals surface area contributed by atoms with E-state index in [9.17, 15) is 8.78 Å². The van der Waals surface area contributed by atoms with Crippen LogP contribution >= 0.6 is 34.2 Å². The molecule has 0 unspecified atom stereocenters. The van der Waals surface area contributed by atoms with E-state index in [1.807, 2.05) is 0 Å². The lowest BCUT2D eigenvalue weighted by Gasteiger charge is -2.05. The minimum Gasteiger partial charge on any atom is -0.205 e. The second-order valence-corrected chi connectivity index (χ2v) is 3.99. The van der Waals surface area contributed by atoms with E-state index in [0.29, 0.717) is 0 Å². The maximum absolute atomic E-state index is 12.3. The van der Waals surface area contributed by atoms with Crippen LogP contribution < -0.4 is 0 Å². The van der Waals surface area contributed by atoms with E-state index in [0.717, 1.165) is 9.13 Å². The molecule has 0 saturated heterocycles. The molecule has 0 bridgehead atoms. The van der Waals surface area contributed by atoms with Crippen LogP contribution in [0.4, 0.5) is 8.78 Å². The van der Waals surface area contributed by atoms with Crippen LogP contribution in [0.1, 0.15) is 17.6 Å². The van der Waals surface area contributed by atoms with Crippen LogP contribution in [-0.2, 0) is 0 Å². The number of halogens is 4. The van der Waals surface area contributed by atoms with E-state index in [-0.39, 0.29) is 10.6 Å². The third-order valence-electron chi connectivity index (χ3n) is 1.51. The van der Waals surface area contributed by atoms with E-state index >= 15 is 0 Å². The molecule has 0 saturated carbocycles. The van der Waals surface area contributed by atoms with Gasteiger partial charge in [0.15, 0.2) is 0 Å². The van der Waals surface area contributed by atoms with Crippen LogP contribution in [0.15, 0.2) is 12.1 Å². The SMILES string of the molecule is Cc1cc(C(F)F)c(Cl)cc1I. The molecular formula is C8H6ClF2I. The Morgan fingerprint density at radius 3 is 2.50 bits per heavy atom. The van der Waals surface area contributed by atoms with Crippen molar-refractivity contribution in [2.45, 2.75) is 13.3 Å². The van der Waals surface area contributed by atoms with Gasteiger partial charge in [-0.25, -0.2) is 8.78 Å². The van der Waals surface area contributed by atoms with Gasteiger partial charge in [0.2, 0.25) is 0 Å². The van der Waals surface area contributed by atoms with Crippen molar-refractivity contribution in [3.63, 3.8) is 0 Å². The van der Waals surface area contributed by atoms with Gasteiger partial charge in [-0.3, -0.25) is 0 Å². The number of aryl methyl sites for hydroxylation is 1. The molecule has 12 heavy (non-hydrogen) atoms. The van der Waals surface area contributed by atoms with Crippen molar-refractivity contribution < 1.29 is 8.78 Å². The number of hydrogen-bond acceptors (Lipinski definition) is 0. The molecule has 1 rings (SSSR count). The largest absolute Gasteiger partial charge is 0.265 e. The first-order chi connectivity index (χ1) is 5.52. The summed E-state index contributed by atoms with van der Waals surface area (Å²) in [7, 11) is 0. The van der Waals surface area contributed by atoms with Crippen LogP contribution in [0.2, 0.25) is 5.02 Å². The first-order valence-electron chi connectivity index (χ1n) is 3.26. The second kappa shape index (κ2) is 3.87. The molecule has 1 aromatic carbocycles. The van der Waals surface area contributed by atoms with E-state index < -0.39 is 6.43 Å². The number of benzene rings is 1. The smallest absolute Gasteiger partial charge is 0.205 e. The molecule has 4 heteroatoms. The average Bonchev–Trinajstić information content (AvgIpc) is 1.96. The highest BCUT2D eigenvalue weighted by molar-refractivity contribution is 14.1. The van der Waals surface area contributed by atoms with Crippen LogP contribution in [0.3, 0.4) is 0 Å². The first-order valence-corrected chi connectivity index (χ1v) is 4.71. The monoisotopic (exact) mass is 302 g/mol. The molecule has 0 nitrogen and oxygen atoms in total. The second-order valence-electron chi connectivity index (χ2n) is 2.42. The third-order valence-corrected chi connectivity index (χ3v) is 3.00. The molecule has 0 aromatic heterocycles. The standard InChI is InChI=1S/C8H6ClF2I/c1-4-2-5(8(10)11)6(9)3-7(4)12/h2-3,8H,1H3. The van der Waals surface area contributed by atoms with Crippen molar-refractivity contribution in [3.8, 4) is 0 Å². The van der Waals surface area contributed by atoms with Gasteiger partial charge < -0.3 is 0 Å². The Bertz CT molecular complexity index is 299. The molecule has 0 aliphatic heterocycles. The van der Waals surface area contributed by atoms with E-state index in [1.165, 1.54) is 6.07 Å². The van der Waals surface area contributed by atoms with Gasteiger partial charge in [0.25, 0.3) is 6.43 Å². The maximum atomic E-state index is 12.3. The highest BCUT2D eigenvalue weighted by atomic mass is 127. The molecule has 66 valence electrons. The van der Waals surface area contributed by atoms with Crippen LogP contribution in [0.5, 0.6) is 0 Å². The molecule has 0 fully saturated rings. The fraction of sp³-hybridized carbons (Fsp3) is 0.250. The van der Waals surface area contributed by atoms with E-state index in [1.54, 1.807) is 13.0 Å². The highest BCUT2D eigenvalue weighted by Crippen LogP contribution is 2.29. The number of hydrogen-bond donors (Lipinski definition) is 0. The van der Waals surface area contributed by atoms with Crippen LogP contribution in [0.25, 0.3) is 0 Å². The third kappa shape index (κ3) is 2.07. The molecule has 0 radical (unpaired) electrons. The zero-order valence-electron chi connectivity index (χ0n) is 6.24. The van der Waals surface area contributed by atoms with Crippen molar-refractivity contribution in [1.29, 1.82) is 0 Å². The summed E-state index contributed by atoms with van der Waals surface area (Å²) in [5.41, 5.74) is 0.741. The summed E-state index contributed by atoms with van der Waals surface area (Å²) in [6.45, 7) is 1.78.